The quantitative estimate of drug-likeness (QED) is 0.225. The Morgan fingerprint density at radius 3 is 1.18 bits per heavy atom. The fourth-order valence-electron chi connectivity index (χ4n) is 4.20. The average molecular weight is 276 g/mol. The highest BCUT2D eigenvalue weighted by Gasteiger charge is 2.14. The fourth-order valence-corrected chi connectivity index (χ4v) is 4.20. The van der Waals surface area contributed by atoms with Crippen molar-refractivity contribution in [1.82, 2.24) is 0 Å². The van der Waals surface area contributed by atoms with Crippen LogP contribution in [0, 0.1) is 0 Å². The van der Waals surface area contributed by atoms with Crippen molar-refractivity contribution in [3.8, 4) is 0 Å². The molecule has 0 aromatic heterocycles. The van der Waals surface area contributed by atoms with E-state index in [1.54, 1.807) is 0 Å². The van der Waals surface area contributed by atoms with Gasteiger partial charge in [-0.15, -0.1) is 0 Å². The molecule has 0 saturated heterocycles. The molecule has 0 N–H and O–H groups in total. The minimum Gasteiger partial charge on any atom is -0.0610 e. The molecule has 0 aliphatic heterocycles. The van der Waals surface area contributed by atoms with Crippen LogP contribution >= 0.6 is 0 Å². The van der Waals surface area contributed by atoms with Crippen molar-refractivity contribution in [2.45, 2.75) is 0 Å². The highest BCUT2D eigenvalue weighted by Crippen LogP contribution is 2.42. The Kier molecular flexibility index (Phi) is 1.71. The van der Waals surface area contributed by atoms with Crippen molar-refractivity contribution in [2.24, 2.45) is 0 Å². The molecule has 0 heteroatoms. The van der Waals surface area contributed by atoms with Gasteiger partial charge in [0.1, 0.15) is 0 Å². The summed E-state index contributed by atoms with van der Waals surface area (Å²) in [6.07, 6.45) is 0. The van der Waals surface area contributed by atoms with Crippen molar-refractivity contribution in [3.63, 3.8) is 0 Å². The van der Waals surface area contributed by atoms with E-state index >= 15 is 0 Å². The van der Waals surface area contributed by atoms with Gasteiger partial charge >= 0.3 is 0 Å². The van der Waals surface area contributed by atoms with Crippen LogP contribution in [0.15, 0.2) is 72.8 Å². The molecular formula is C22H12. The molecule has 6 aromatic rings. The SMILES string of the molecule is c1cc2ccc3cc4cccc5ccc6cc(c1)c2c3c6c54. The normalized spacial score (nSPS) is 12.5. The lowest BCUT2D eigenvalue weighted by Gasteiger charge is -2.16. The zero-order valence-electron chi connectivity index (χ0n) is 11.9. The molecule has 0 bridgehead atoms. The maximum atomic E-state index is 2.34. The molecule has 0 aliphatic carbocycles. The summed E-state index contributed by atoms with van der Waals surface area (Å²) in [5.74, 6) is 0. The second-order valence-electron chi connectivity index (χ2n) is 6.24. The summed E-state index contributed by atoms with van der Waals surface area (Å²) in [5, 5.41) is 13.7. The summed E-state index contributed by atoms with van der Waals surface area (Å²) < 4.78 is 0. The van der Waals surface area contributed by atoms with Gasteiger partial charge in [0.05, 0.1) is 0 Å². The van der Waals surface area contributed by atoms with Crippen LogP contribution in [0.25, 0.3) is 53.9 Å². The molecule has 22 heavy (non-hydrogen) atoms. The molecule has 0 saturated carbocycles. The van der Waals surface area contributed by atoms with Gasteiger partial charge in [-0.2, -0.15) is 0 Å². The molecule has 0 fully saturated rings. The van der Waals surface area contributed by atoms with E-state index < -0.39 is 0 Å². The van der Waals surface area contributed by atoms with Crippen LogP contribution in [0.4, 0.5) is 0 Å². The molecule has 0 heterocycles. The van der Waals surface area contributed by atoms with Crippen LogP contribution < -0.4 is 0 Å². The summed E-state index contributed by atoms with van der Waals surface area (Å²) in [4.78, 5) is 0. The Morgan fingerprint density at radius 1 is 0.318 bits per heavy atom. The van der Waals surface area contributed by atoms with Gasteiger partial charge in [-0.05, 0) is 66.0 Å². The summed E-state index contributed by atoms with van der Waals surface area (Å²) in [6.45, 7) is 0. The lowest BCUT2D eigenvalue weighted by atomic mass is 9.87. The summed E-state index contributed by atoms with van der Waals surface area (Å²) >= 11 is 0. The molecule has 6 aromatic carbocycles. The lowest BCUT2D eigenvalue weighted by Crippen LogP contribution is -1.88. The molecular weight excluding hydrogens is 264 g/mol. The summed E-state index contributed by atoms with van der Waals surface area (Å²) in [6, 6.07) is 26.9. The van der Waals surface area contributed by atoms with Crippen LogP contribution in [-0.2, 0) is 0 Å². The molecule has 0 amide bonds. The van der Waals surface area contributed by atoms with E-state index in [0.29, 0.717) is 0 Å². The zero-order valence-corrected chi connectivity index (χ0v) is 11.9. The van der Waals surface area contributed by atoms with E-state index in [2.05, 4.69) is 72.8 Å². The zero-order chi connectivity index (χ0) is 14.3. The van der Waals surface area contributed by atoms with E-state index in [1.165, 1.54) is 53.9 Å². The van der Waals surface area contributed by atoms with E-state index in [9.17, 15) is 0 Å². The molecule has 0 spiro atoms. The Bertz CT molecular complexity index is 1200. The number of rotatable bonds is 0. The fraction of sp³-hybridized carbons (Fsp3) is 0. The smallest absolute Gasteiger partial charge is 0.00141 e. The molecule has 0 atom stereocenters. The minimum atomic E-state index is 1.34. The van der Waals surface area contributed by atoms with Crippen molar-refractivity contribution in [1.29, 1.82) is 0 Å². The van der Waals surface area contributed by atoms with E-state index in [-0.39, 0.29) is 0 Å². The number of hydrogen-bond acceptors (Lipinski definition) is 0. The van der Waals surface area contributed by atoms with Crippen molar-refractivity contribution in [2.75, 3.05) is 0 Å². The minimum absolute atomic E-state index is 1.34. The van der Waals surface area contributed by atoms with Gasteiger partial charge in [0.2, 0.25) is 0 Å². The Hall–Kier alpha value is -2.86. The molecule has 0 nitrogen and oxygen atoms in total. The van der Waals surface area contributed by atoms with Crippen molar-refractivity contribution >= 4 is 53.9 Å². The number of benzene rings is 6. The van der Waals surface area contributed by atoms with Crippen molar-refractivity contribution < 1.29 is 0 Å². The summed E-state index contributed by atoms with van der Waals surface area (Å²) in [7, 11) is 0. The first-order valence-electron chi connectivity index (χ1n) is 7.71. The molecule has 100 valence electrons. The molecule has 6 rings (SSSR count). The predicted molar refractivity (Wildman–Crippen MR) is 96.3 cm³/mol. The summed E-state index contributed by atoms with van der Waals surface area (Å²) in [5.41, 5.74) is 0. The second-order valence-corrected chi connectivity index (χ2v) is 6.24. The van der Waals surface area contributed by atoms with Crippen LogP contribution in [0.2, 0.25) is 0 Å². The van der Waals surface area contributed by atoms with Gasteiger partial charge in [0.15, 0.2) is 0 Å². The maximum absolute atomic E-state index is 2.34. The van der Waals surface area contributed by atoms with Gasteiger partial charge in [0.25, 0.3) is 0 Å². The standard InChI is InChI=1S/C22H12/c1-3-13-7-9-18-12-16-6-2-4-14-8-10-17-11-15(5-1)19(13)21(18)22(17)20(14)16/h1-12H. The molecule has 0 aliphatic rings. The number of hydrogen-bond donors (Lipinski definition) is 0. The van der Waals surface area contributed by atoms with Crippen molar-refractivity contribution in [3.05, 3.63) is 72.8 Å². The van der Waals surface area contributed by atoms with Crippen LogP contribution in [0.5, 0.6) is 0 Å². The van der Waals surface area contributed by atoms with Gasteiger partial charge < -0.3 is 0 Å². The molecule has 0 unspecified atom stereocenters. The largest absolute Gasteiger partial charge is 0.0610 e. The van der Waals surface area contributed by atoms with Gasteiger partial charge in [-0.25, -0.2) is 0 Å². The Morgan fingerprint density at radius 2 is 0.682 bits per heavy atom. The average Bonchev–Trinajstić information content (AvgIpc) is 2.57. The first-order valence-corrected chi connectivity index (χ1v) is 7.71. The monoisotopic (exact) mass is 276 g/mol. The first-order chi connectivity index (χ1) is 10.9. The third-order valence-electron chi connectivity index (χ3n) is 5.09. The highest BCUT2D eigenvalue weighted by molar-refractivity contribution is 6.36. The van der Waals surface area contributed by atoms with Gasteiger partial charge in [-0.1, -0.05) is 60.7 Å². The van der Waals surface area contributed by atoms with E-state index in [1.807, 2.05) is 0 Å². The maximum Gasteiger partial charge on any atom is -0.00141 e. The Labute approximate surface area is 127 Å². The lowest BCUT2D eigenvalue weighted by molar-refractivity contribution is 1.79. The van der Waals surface area contributed by atoms with Gasteiger partial charge in [0, 0.05) is 0 Å². The van der Waals surface area contributed by atoms with E-state index in [4.69, 9.17) is 0 Å². The molecule has 0 radical (unpaired) electrons. The van der Waals surface area contributed by atoms with Crippen LogP contribution in [-0.4, -0.2) is 0 Å². The Balaban J connectivity index is 2.15. The topological polar surface area (TPSA) is 0 Å². The predicted octanol–water partition coefficient (Wildman–Crippen LogP) is 6.33. The van der Waals surface area contributed by atoms with E-state index in [0.717, 1.165) is 0 Å². The van der Waals surface area contributed by atoms with Gasteiger partial charge in [-0.3, -0.25) is 0 Å². The van der Waals surface area contributed by atoms with Crippen LogP contribution in [0.1, 0.15) is 0 Å². The highest BCUT2D eigenvalue weighted by atomic mass is 14.2. The first kappa shape index (κ1) is 10.8. The third kappa shape index (κ3) is 1.12. The van der Waals surface area contributed by atoms with Crippen LogP contribution in [0.3, 0.4) is 0 Å². The second kappa shape index (κ2) is 3.48. The third-order valence-corrected chi connectivity index (χ3v) is 5.09.